The normalized spacial score (nSPS) is 15.8. The first-order valence-corrected chi connectivity index (χ1v) is 9.55. The summed E-state index contributed by atoms with van der Waals surface area (Å²) in [6.07, 6.45) is 9.47. The van der Waals surface area contributed by atoms with Gasteiger partial charge in [0, 0.05) is 28.6 Å². The summed E-state index contributed by atoms with van der Waals surface area (Å²) in [5.74, 6) is 0. The van der Waals surface area contributed by atoms with Crippen LogP contribution >= 0.6 is 22.7 Å². The first-order valence-electron chi connectivity index (χ1n) is 7.19. The van der Waals surface area contributed by atoms with Crippen LogP contribution in [0.3, 0.4) is 0 Å². The SMILES string of the molecule is C1=CSc2ccccc2C=N1.Cc1cc([SH]2C=CC=C2)ncn1. The van der Waals surface area contributed by atoms with Crippen LogP contribution in [-0.2, 0) is 0 Å². The number of allylic oxidation sites excluding steroid dienone is 2. The van der Waals surface area contributed by atoms with Crippen LogP contribution in [0, 0.1) is 6.92 Å². The topological polar surface area (TPSA) is 38.1 Å². The van der Waals surface area contributed by atoms with Crippen molar-refractivity contribution in [3.8, 4) is 0 Å². The van der Waals surface area contributed by atoms with Crippen LogP contribution in [-0.4, -0.2) is 16.2 Å². The van der Waals surface area contributed by atoms with Crippen LogP contribution < -0.4 is 0 Å². The average Bonchev–Trinajstić information content (AvgIpc) is 3.01. The van der Waals surface area contributed by atoms with Crippen LogP contribution in [0.15, 0.2) is 86.1 Å². The molecule has 0 saturated carbocycles. The first-order chi connectivity index (χ1) is 11.3. The molecule has 1 aromatic carbocycles. The summed E-state index contributed by atoms with van der Waals surface area (Å²) in [5, 5.41) is 7.51. The molecule has 3 heterocycles. The molecule has 0 atom stereocenters. The van der Waals surface area contributed by atoms with Crippen LogP contribution in [0.4, 0.5) is 0 Å². The molecule has 0 unspecified atom stereocenters. The van der Waals surface area contributed by atoms with Crippen molar-refractivity contribution >= 4 is 28.9 Å². The second-order valence-corrected chi connectivity index (χ2v) is 7.64. The van der Waals surface area contributed by atoms with Gasteiger partial charge in [-0.1, -0.05) is 42.1 Å². The van der Waals surface area contributed by atoms with Gasteiger partial charge in [0.05, 0.1) is 5.03 Å². The van der Waals surface area contributed by atoms with Gasteiger partial charge in [-0.2, -0.15) is 10.9 Å². The highest BCUT2D eigenvalue weighted by Crippen LogP contribution is 2.40. The van der Waals surface area contributed by atoms with E-state index in [4.69, 9.17) is 0 Å². The Morgan fingerprint density at radius 2 is 1.87 bits per heavy atom. The molecule has 116 valence electrons. The molecule has 0 fully saturated rings. The third-order valence-electron chi connectivity index (χ3n) is 3.13. The lowest BCUT2D eigenvalue weighted by Crippen LogP contribution is -1.86. The quantitative estimate of drug-likeness (QED) is 0.595. The third kappa shape index (κ3) is 4.43. The highest BCUT2D eigenvalue weighted by molar-refractivity contribution is 8.22. The summed E-state index contributed by atoms with van der Waals surface area (Å²) in [5.41, 5.74) is 2.23. The van der Waals surface area contributed by atoms with Gasteiger partial charge >= 0.3 is 0 Å². The van der Waals surface area contributed by atoms with E-state index in [1.165, 1.54) is 10.5 Å². The molecule has 2 aromatic rings. The maximum atomic E-state index is 4.24. The number of aromatic nitrogens is 2. The number of aryl methyl sites for hydroxylation is 1. The molecule has 2 aliphatic heterocycles. The Kier molecular flexibility index (Phi) is 5.45. The lowest BCUT2D eigenvalue weighted by molar-refractivity contribution is 1.01. The van der Waals surface area contributed by atoms with Crippen molar-refractivity contribution in [2.75, 3.05) is 0 Å². The summed E-state index contributed by atoms with van der Waals surface area (Å²) in [7, 11) is -0.269. The molecule has 23 heavy (non-hydrogen) atoms. The third-order valence-corrected chi connectivity index (χ3v) is 5.78. The van der Waals surface area contributed by atoms with Crippen molar-refractivity contribution in [3.63, 3.8) is 0 Å². The summed E-state index contributed by atoms with van der Waals surface area (Å²) < 4.78 is 0. The minimum absolute atomic E-state index is 0.269. The zero-order chi connectivity index (χ0) is 15.9. The van der Waals surface area contributed by atoms with Crippen molar-refractivity contribution in [2.24, 2.45) is 4.99 Å². The molecule has 0 N–H and O–H groups in total. The standard InChI is InChI=1S/C9H10N2S.C9H7NS/c1-8-6-9(11-7-10-8)12-4-2-3-5-12;1-2-4-9-8(3-1)7-10-5-6-11-9/h2-7,12H,1H3;1-7H. The molecule has 4 rings (SSSR count). The number of nitrogens with zero attached hydrogens (tertiary/aromatic N) is 3. The number of hydrogen-bond acceptors (Lipinski definition) is 4. The Morgan fingerprint density at radius 3 is 2.70 bits per heavy atom. The van der Waals surface area contributed by atoms with Crippen molar-refractivity contribution < 1.29 is 0 Å². The lowest BCUT2D eigenvalue weighted by Gasteiger charge is -2.08. The number of aliphatic imine (C=N–C) groups is 1. The summed E-state index contributed by atoms with van der Waals surface area (Å²) >= 11 is 1.70. The predicted octanol–water partition coefficient (Wildman–Crippen LogP) is 4.87. The van der Waals surface area contributed by atoms with E-state index in [0.29, 0.717) is 0 Å². The Morgan fingerprint density at radius 1 is 1.04 bits per heavy atom. The highest BCUT2D eigenvalue weighted by atomic mass is 32.2. The van der Waals surface area contributed by atoms with Crippen molar-refractivity contribution in [3.05, 3.63) is 82.5 Å². The summed E-state index contributed by atoms with van der Waals surface area (Å²) in [6.45, 7) is 1.99. The Hall–Kier alpha value is -2.11. The van der Waals surface area contributed by atoms with Crippen LogP contribution in [0.5, 0.6) is 0 Å². The minimum atomic E-state index is -0.269. The van der Waals surface area contributed by atoms with E-state index in [0.717, 1.165) is 10.7 Å². The Balaban J connectivity index is 0.000000136. The van der Waals surface area contributed by atoms with Gasteiger partial charge in [-0.05, 0) is 35.3 Å². The van der Waals surface area contributed by atoms with Crippen molar-refractivity contribution in [1.29, 1.82) is 0 Å². The van der Waals surface area contributed by atoms with E-state index in [-0.39, 0.29) is 10.9 Å². The van der Waals surface area contributed by atoms with Gasteiger partial charge in [-0.25, -0.2) is 9.97 Å². The Labute approximate surface area is 143 Å². The van der Waals surface area contributed by atoms with Gasteiger partial charge in [-0.3, -0.25) is 4.99 Å². The van der Waals surface area contributed by atoms with E-state index >= 15 is 0 Å². The van der Waals surface area contributed by atoms with Crippen LogP contribution in [0.1, 0.15) is 11.3 Å². The second kappa shape index (κ2) is 7.94. The van der Waals surface area contributed by atoms with Gasteiger partial charge < -0.3 is 0 Å². The first kappa shape index (κ1) is 15.8. The minimum Gasteiger partial charge on any atom is -0.264 e. The molecule has 0 bridgehead atoms. The summed E-state index contributed by atoms with van der Waals surface area (Å²) in [4.78, 5) is 13.7. The molecule has 2 aliphatic rings. The maximum Gasteiger partial charge on any atom is 0.116 e. The van der Waals surface area contributed by atoms with E-state index in [2.05, 4.69) is 50.1 Å². The highest BCUT2D eigenvalue weighted by Gasteiger charge is 2.03. The number of rotatable bonds is 1. The number of thiol groups is 1. The smallest absolute Gasteiger partial charge is 0.116 e. The number of fused-ring (bicyclic) bond motifs is 1. The van der Waals surface area contributed by atoms with E-state index in [1.807, 2.05) is 42.9 Å². The van der Waals surface area contributed by atoms with E-state index in [1.54, 1.807) is 18.1 Å². The van der Waals surface area contributed by atoms with Gasteiger partial charge in [0.1, 0.15) is 6.33 Å². The number of hydrogen-bond donors (Lipinski definition) is 1. The van der Waals surface area contributed by atoms with Gasteiger partial charge in [-0.15, -0.1) is 0 Å². The van der Waals surface area contributed by atoms with Gasteiger partial charge in [0.15, 0.2) is 0 Å². The van der Waals surface area contributed by atoms with E-state index < -0.39 is 0 Å². The fraction of sp³-hybridized carbons (Fsp3) is 0.0556. The molecular weight excluding hydrogens is 322 g/mol. The molecule has 5 heteroatoms. The maximum absolute atomic E-state index is 4.24. The average molecular weight is 339 g/mol. The monoisotopic (exact) mass is 339 g/mol. The number of thioether (sulfide) groups is 1. The molecule has 0 aliphatic carbocycles. The van der Waals surface area contributed by atoms with E-state index in [9.17, 15) is 0 Å². The molecule has 0 radical (unpaired) electrons. The number of benzene rings is 1. The van der Waals surface area contributed by atoms with Gasteiger partial charge in [0.2, 0.25) is 0 Å². The van der Waals surface area contributed by atoms with Crippen LogP contribution in [0.2, 0.25) is 0 Å². The van der Waals surface area contributed by atoms with Crippen LogP contribution in [0.25, 0.3) is 0 Å². The predicted molar refractivity (Wildman–Crippen MR) is 101 cm³/mol. The lowest BCUT2D eigenvalue weighted by atomic mass is 10.2. The largest absolute Gasteiger partial charge is 0.264 e. The molecule has 0 saturated heterocycles. The molecule has 0 spiro atoms. The zero-order valence-corrected chi connectivity index (χ0v) is 14.4. The van der Waals surface area contributed by atoms with Crippen molar-refractivity contribution in [1.82, 2.24) is 9.97 Å². The zero-order valence-electron chi connectivity index (χ0n) is 12.7. The van der Waals surface area contributed by atoms with Gasteiger partial charge in [0.25, 0.3) is 0 Å². The fourth-order valence-electron chi connectivity index (χ4n) is 2.03. The second-order valence-electron chi connectivity index (χ2n) is 4.83. The molecule has 3 nitrogen and oxygen atoms in total. The van der Waals surface area contributed by atoms with Crippen molar-refractivity contribution in [2.45, 2.75) is 16.8 Å². The Bertz CT molecular complexity index is 782. The fourth-order valence-corrected chi connectivity index (χ4v) is 4.21. The summed E-state index contributed by atoms with van der Waals surface area (Å²) in [6, 6.07) is 10.3. The molecular formula is C18H17N3S2. The molecule has 1 aromatic heterocycles. The molecule has 0 amide bonds.